The molecule has 0 saturated heterocycles. The van der Waals surface area contributed by atoms with Gasteiger partial charge in [0.2, 0.25) is 0 Å². The Morgan fingerprint density at radius 3 is 2.60 bits per heavy atom. The van der Waals surface area contributed by atoms with Crippen molar-refractivity contribution in [2.24, 2.45) is 0 Å². The van der Waals surface area contributed by atoms with Gasteiger partial charge < -0.3 is 14.9 Å². The fourth-order valence-corrected chi connectivity index (χ4v) is 4.01. The largest absolute Gasteiger partial charge is 0.496 e. The predicted octanol–water partition coefficient (Wildman–Crippen LogP) is 2.20. The molecule has 5 nitrogen and oxygen atoms in total. The van der Waals surface area contributed by atoms with E-state index >= 15 is 0 Å². The van der Waals surface area contributed by atoms with Crippen molar-refractivity contribution in [3.8, 4) is 5.75 Å². The molecule has 2 aliphatic carbocycles. The number of aliphatic hydroxyl groups is 2. The van der Waals surface area contributed by atoms with E-state index < -0.39 is 11.7 Å². The van der Waals surface area contributed by atoms with Crippen molar-refractivity contribution < 1.29 is 24.5 Å². The lowest BCUT2D eigenvalue weighted by atomic mass is 9.73. The molecule has 1 unspecified atom stereocenters. The smallest absolute Gasteiger partial charge is 0.197 e. The van der Waals surface area contributed by atoms with Gasteiger partial charge in [-0.05, 0) is 24.1 Å². The van der Waals surface area contributed by atoms with Gasteiger partial charge in [-0.1, -0.05) is 24.3 Å². The van der Waals surface area contributed by atoms with E-state index in [2.05, 4.69) is 0 Å². The second-order valence-electron chi connectivity index (χ2n) is 6.99. The molecule has 2 aromatic carbocycles. The van der Waals surface area contributed by atoms with E-state index in [9.17, 15) is 19.8 Å². The highest BCUT2D eigenvalue weighted by atomic mass is 16.5. The zero-order valence-corrected chi connectivity index (χ0v) is 14.0. The molecular formula is C20H18O5. The van der Waals surface area contributed by atoms with Crippen LogP contribution in [0.2, 0.25) is 0 Å². The SMILES string of the molecule is COc1cccc2c1C(=O)c1ccc3c(c1C2O)C(=O)C[C@](C)(O)C3. The van der Waals surface area contributed by atoms with Gasteiger partial charge in [0.25, 0.3) is 0 Å². The van der Waals surface area contributed by atoms with Gasteiger partial charge in [0.1, 0.15) is 11.9 Å². The van der Waals surface area contributed by atoms with Crippen LogP contribution >= 0.6 is 0 Å². The summed E-state index contributed by atoms with van der Waals surface area (Å²) in [6.07, 6.45) is -0.796. The van der Waals surface area contributed by atoms with Crippen LogP contribution in [0.25, 0.3) is 0 Å². The molecule has 0 saturated carbocycles. The molecule has 0 radical (unpaired) electrons. The second-order valence-corrected chi connectivity index (χ2v) is 6.99. The molecular weight excluding hydrogens is 320 g/mol. The van der Waals surface area contributed by atoms with Gasteiger partial charge in [0, 0.05) is 29.5 Å². The number of carbonyl (C=O) groups is 2. The van der Waals surface area contributed by atoms with Crippen molar-refractivity contribution in [2.75, 3.05) is 7.11 Å². The third kappa shape index (κ3) is 2.23. The minimum atomic E-state index is -1.11. The lowest BCUT2D eigenvalue weighted by Crippen LogP contribution is -2.37. The number of Topliss-reactive ketones (excluding diaryl/α,β-unsaturated/α-hetero) is 1. The third-order valence-corrected chi connectivity index (χ3v) is 5.04. The topological polar surface area (TPSA) is 83.8 Å². The van der Waals surface area contributed by atoms with Gasteiger partial charge in [-0.3, -0.25) is 9.59 Å². The van der Waals surface area contributed by atoms with Crippen molar-refractivity contribution in [3.05, 3.63) is 63.7 Å². The summed E-state index contributed by atoms with van der Waals surface area (Å²) in [5.41, 5.74) is 1.37. The quantitative estimate of drug-likeness (QED) is 0.833. The van der Waals surface area contributed by atoms with Crippen LogP contribution in [0, 0.1) is 0 Å². The van der Waals surface area contributed by atoms with Crippen molar-refractivity contribution in [1.82, 2.24) is 0 Å². The summed E-state index contributed by atoms with van der Waals surface area (Å²) < 4.78 is 5.28. The normalized spacial score (nSPS) is 24.4. The molecule has 0 bridgehead atoms. The first-order chi connectivity index (χ1) is 11.8. The van der Waals surface area contributed by atoms with Crippen LogP contribution in [-0.2, 0) is 6.42 Å². The second kappa shape index (κ2) is 5.25. The van der Waals surface area contributed by atoms with E-state index in [1.54, 1.807) is 37.3 Å². The van der Waals surface area contributed by atoms with Gasteiger partial charge >= 0.3 is 0 Å². The number of hydrogen-bond donors (Lipinski definition) is 2. The Morgan fingerprint density at radius 1 is 1.12 bits per heavy atom. The van der Waals surface area contributed by atoms with E-state index in [1.165, 1.54) is 7.11 Å². The van der Waals surface area contributed by atoms with Crippen molar-refractivity contribution in [1.29, 1.82) is 0 Å². The first-order valence-corrected chi connectivity index (χ1v) is 8.15. The van der Waals surface area contributed by atoms with E-state index in [0.29, 0.717) is 45.6 Å². The molecule has 0 amide bonds. The van der Waals surface area contributed by atoms with Crippen molar-refractivity contribution in [2.45, 2.75) is 31.5 Å². The summed E-state index contributed by atoms with van der Waals surface area (Å²) in [5, 5.41) is 21.2. The first kappa shape index (κ1) is 16.0. The number of carbonyl (C=O) groups excluding carboxylic acids is 2. The number of fused-ring (bicyclic) bond motifs is 4. The van der Waals surface area contributed by atoms with Crippen LogP contribution in [0.4, 0.5) is 0 Å². The van der Waals surface area contributed by atoms with Crippen molar-refractivity contribution in [3.63, 3.8) is 0 Å². The summed E-state index contributed by atoms with van der Waals surface area (Å²) in [4.78, 5) is 25.7. The molecule has 2 aliphatic rings. The Morgan fingerprint density at radius 2 is 1.88 bits per heavy atom. The number of methoxy groups -OCH3 is 1. The maximum absolute atomic E-state index is 13.0. The molecule has 0 spiro atoms. The third-order valence-electron chi connectivity index (χ3n) is 5.04. The number of rotatable bonds is 1. The maximum Gasteiger partial charge on any atom is 0.197 e. The maximum atomic E-state index is 13.0. The van der Waals surface area contributed by atoms with Gasteiger partial charge in [0.05, 0.1) is 18.3 Å². The van der Waals surface area contributed by atoms with Gasteiger partial charge in [0.15, 0.2) is 11.6 Å². The zero-order chi connectivity index (χ0) is 17.9. The highest BCUT2D eigenvalue weighted by molar-refractivity contribution is 6.16. The minimum Gasteiger partial charge on any atom is -0.496 e. The van der Waals surface area contributed by atoms with Crippen LogP contribution in [0.5, 0.6) is 5.75 Å². The molecule has 128 valence electrons. The van der Waals surface area contributed by atoms with Gasteiger partial charge in [-0.15, -0.1) is 0 Å². The standard InChI is InChI=1S/C20H18O5/c1-20(24)8-10-6-7-12-17(15(10)13(21)9-20)19(23)11-4-3-5-14(25-2)16(11)18(12)22/h3-7,19,23-24H,8-9H2,1-2H3/t19?,20-/m1/s1. The number of aliphatic hydroxyl groups excluding tert-OH is 1. The summed E-state index contributed by atoms with van der Waals surface area (Å²) in [5.74, 6) is -0.110. The lowest BCUT2D eigenvalue weighted by Gasteiger charge is -2.33. The molecule has 0 aliphatic heterocycles. The van der Waals surface area contributed by atoms with Crippen molar-refractivity contribution >= 4 is 11.6 Å². The summed E-state index contributed by atoms with van der Waals surface area (Å²) in [6.45, 7) is 1.62. The van der Waals surface area contributed by atoms with E-state index in [4.69, 9.17) is 4.74 Å². The number of benzene rings is 2. The molecule has 5 heteroatoms. The fourth-order valence-electron chi connectivity index (χ4n) is 4.01. The number of ether oxygens (including phenoxy) is 1. The number of hydrogen-bond acceptors (Lipinski definition) is 5. The Hall–Kier alpha value is -2.50. The molecule has 2 aromatic rings. The van der Waals surface area contributed by atoms with Crippen LogP contribution in [0.15, 0.2) is 30.3 Å². The summed E-state index contributed by atoms with van der Waals surface area (Å²) in [7, 11) is 1.48. The van der Waals surface area contributed by atoms with E-state index in [0.717, 1.165) is 0 Å². The molecule has 2 N–H and O–H groups in total. The lowest BCUT2D eigenvalue weighted by molar-refractivity contribution is 0.0407. The van der Waals surface area contributed by atoms with Crippen LogP contribution in [-0.4, -0.2) is 34.5 Å². The highest BCUT2D eigenvalue weighted by Gasteiger charge is 2.40. The molecule has 0 fully saturated rings. The molecule has 25 heavy (non-hydrogen) atoms. The van der Waals surface area contributed by atoms with Crippen LogP contribution < -0.4 is 4.74 Å². The monoisotopic (exact) mass is 338 g/mol. The Kier molecular flexibility index (Phi) is 3.36. The fraction of sp³-hybridized carbons (Fsp3) is 0.300. The molecule has 4 rings (SSSR count). The van der Waals surface area contributed by atoms with Gasteiger partial charge in [-0.25, -0.2) is 0 Å². The zero-order valence-electron chi connectivity index (χ0n) is 14.0. The van der Waals surface area contributed by atoms with Gasteiger partial charge in [-0.2, -0.15) is 0 Å². The first-order valence-electron chi connectivity index (χ1n) is 8.15. The Labute approximate surface area is 144 Å². The Bertz CT molecular complexity index is 926. The summed E-state index contributed by atoms with van der Waals surface area (Å²) in [6, 6.07) is 8.39. The van der Waals surface area contributed by atoms with E-state index in [1.807, 2.05) is 0 Å². The molecule has 0 aromatic heterocycles. The predicted molar refractivity (Wildman–Crippen MR) is 90.2 cm³/mol. The van der Waals surface area contributed by atoms with E-state index in [-0.39, 0.29) is 18.0 Å². The average Bonchev–Trinajstić information content (AvgIpc) is 2.57. The number of ketones is 2. The van der Waals surface area contributed by atoms with Crippen LogP contribution in [0.3, 0.4) is 0 Å². The Balaban J connectivity index is 1.98. The highest BCUT2D eigenvalue weighted by Crippen LogP contribution is 2.43. The molecule has 2 atom stereocenters. The average molecular weight is 338 g/mol. The minimum absolute atomic E-state index is 0.0255. The van der Waals surface area contributed by atoms with Crippen LogP contribution in [0.1, 0.15) is 62.4 Å². The summed E-state index contributed by atoms with van der Waals surface area (Å²) >= 11 is 0. The molecule has 0 heterocycles.